The number of nitrogens with one attached hydrogen (secondary N) is 1. The molecule has 96 valence electrons. The van der Waals surface area contributed by atoms with Crippen LogP contribution in [-0.4, -0.2) is 25.8 Å². The lowest BCUT2D eigenvalue weighted by Crippen LogP contribution is -2.08. The van der Waals surface area contributed by atoms with E-state index < -0.39 is 5.97 Å². The summed E-state index contributed by atoms with van der Waals surface area (Å²) in [6, 6.07) is 0. The fourth-order valence-corrected chi connectivity index (χ4v) is 2.49. The second-order valence-corrected chi connectivity index (χ2v) is 5.28. The summed E-state index contributed by atoms with van der Waals surface area (Å²) in [4.78, 5) is 16.5. The first kappa shape index (κ1) is 12.6. The Labute approximate surface area is 108 Å². The van der Waals surface area contributed by atoms with Gasteiger partial charge in [-0.2, -0.15) is 5.10 Å². The quantitative estimate of drug-likeness (QED) is 0.882. The maximum absolute atomic E-state index is 11.2. The molecule has 0 bridgehead atoms. The Kier molecular flexibility index (Phi) is 3.33. The van der Waals surface area contributed by atoms with Crippen LogP contribution >= 0.6 is 11.3 Å². The van der Waals surface area contributed by atoms with Crippen LogP contribution in [0.2, 0.25) is 0 Å². The molecule has 0 fully saturated rings. The molecule has 2 aromatic rings. The van der Waals surface area contributed by atoms with E-state index in [2.05, 4.69) is 15.4 Å². The van der Waals surface area contributed by atoms with Gasteiger partial charge >= 0.3 is 5.97 Å². The molecular formula is C11H14N4O2S. The van der Waals surface area contributed by atoms with Crippen molar-refractivity contribution in [3.63, 3.8) is 0 Å². The highest BCUT2D eigenvalue weighted by atomic mass is 32.1. The lowest BCUT2D eigenvalue weighted by Gasteiger charge is -2.05. The molecule has 18 heavy (non-hydrogen) atoms. The minimum atomic E-state index is -0.974. The van der Waals surface area contributed by atoms with Crippen molar-refractivity contribution < 1.29 is 9.90 Å². The van der Waals surface area contributed by atoms with Gasteiger partial charge in [-0.15, -0.1) is 11.3 Å². The van der Waals surface area contributed by atoms with Crippen LogP contribution in [-0.2, 0) is 13.6 Å². The monoisotopic (exact) mass is 266 g/mol. The lowest BCUT2D eigenvalue weighted by molar-refractivity contribution is 0.0697. The van der Waals surface area contributed by atoms with Gasteiger partial charge in [0.1, 0.15) is 16.4 Å². The van der Waals surface area contributed by atoms with E-state index in [0.29, 0.717) is 18.1 Å². The molecule has 0 aliphatic heterocycles. The molecule has 2 aromatic heterocycles. The van der Waals surface area contributed by atoms with Crippen molar-refractivity contribution in [1.29, 1.82) is 0 Å². The zero-order valence-electron chi connectivity index (χ0n) is 10.4. The molecule has 0 aliphatic carbocycles. The molecule has 2 heterocycles. The smallest absolute Gasteiger partial charge is 0.341 e. The first-order valence-corrected chi connectivity index (χ1v) is 6.22. The molecule has 2 rings (SSSR count). The lowest BCUT2D eigenvalue weighted by atomic mass is 10.2. The second kappa shape index (κ2) is 4.77. The summed E-state index contributed by atoms with van der Waals surface area (Å²) < 4.78 is 1.54. The van der Waals surface area contributed by atoms with Crippen LogP contribution in [0.25, 0.3) is 0 Å². The molecule has 0 aromatic carbocycles. The predicted molar refractivity (Wildman–Crippen MR) is 69.1 cm³/mol. The van der Waals surface area contributed by atoms with Crippen molar-refractivity contribution in [2.75, 3.05) is 5.32 Å². The number of anilines is 1. The van der Waals surface area contributed by atoms with E-state index in [0.717, 1.165) is 9.88 Å². The van der Waals surface area contributed by atoms with Crippen molar-refractivity contribution >= 4 is 23.1 Å². The molecule has 0 amide bonds. The number of carboxylic acids is 1. The molecule has 0 atom stereocenters. The molecule has 0 saturated heterocycles. The molecular weight excluding hydrogens is 252 g/mol. The highest BCUT2D eigenvalue weighted by Gasteiger charge is 2.19. The van der Waals surface area contributed by atoms with E-state index in [1.165, 1.54) is 0 Å². The third-order valence-electron chi connectivity index (χ3n) is 2.51. The van der Waals surface area contributed by atoms with Gasteiger partial charge in [0, 0.05) is 18.1 Å². The van der Waals surface area contributed by atoms with Crippen LogP contribution in [0, 0.1) is 13.8 Å². The number of hydrogen-bond acceptors (Lipinski definition) is 5. The summed E-state index contributed by atoms with van der Waals surface area (Å²) in [6.45, 7) is 4.16. The highest BCUT2D eigenvalue weighted by molar-refractivity contribution is 7.11. The Morgan fingerprint density at radius 1 is 1.56 bits per heavy atom. The summed E-state index contributed by atoms with van der Waals surface area (Å²) in [5, 5.41) is 17.3. The number of aryl methyl sites for hydroxylation is 3. The summed E-state index contributed by atoms with van der Waals surface area (Å²) in [5.41, 5.74) is 0.716. The van der Waals surface area contributed by atoms with Crippen LogP contribution < -0.4 is 5.32 Å². The van der Waals surface area contributed by atoms with Crippen molar-refractivity contribution in [1.82, 2.24) is 14.8 Å². The minimum Gasteiger partial charge on any atom is -0.477 e. The fraction of sp³-hybridized carbons (Fsp3) is 0.364. The molecule has 2 N–H and O–H groups in total. The zero-order chi connectivity index (χ0) is 13.3. The molecule has 6 nitrogen and oxygen atoms in total. The van der Waals surface area contributed by atoms with Crippen molar-refractivity contribution in [2.45, 2.75) is 20.4 Å². The highest BCUT2D eigenvalue weighted by Crippen LogP contribution is 2.20. The summed E-state index contributed by atoms with van der Waals surface area (Å²) in [7, 11) is 1.72. The van der Waals surface area contributed by atoms with Gasteiger partial charge in [-0.1, -0.05) is 0 Å². The van der Waals surface area contributed by atoms with Gasteiger partial charge in [-0.05, 0) is 13.8 Å². The number of aromatic carboxylic acids is 1. The van der Waals surface area contributed by atoms with Gasteiger partial charge in [0.25, 0.3) is 0 Å². The van der Waals surface area contributed by atoms with Crippen molar-refractivity contribution in [3.05, 3.63) is 27.3 Å². The maximum Gasteiger partial charge on any atom is 0.341 e. The van der Waals surface area contributed by atoms with Gasteiger partial charge in [-0.25, -0.2) is 9.78 Å². The second-order valence-electron chi connectivity index (χ2n) is 3.96. The van der Waals surface area contributed by atoms with Crippen LogP contribution in [0.15, 0.2) is 6.20 Å². The van der Waals surface area contributed by atoms with E-state index in [9.17, 15) is 4.79 Å². The molecule has 0 aliphatic rings. The molecule has 0 radical (unpaired) electrons. The van der Waals surface area contributed by atoms with E-state index in [-0.39, 0.29) is 5.56 Å². The third kappa shape index (κ3) is 2.35. The van der Waals surface area contributed by atoms with Gasteiger partial charge in [0.05, 0.1) is 12.2 Å². The minimum absolute atomic E-state index is 0.214. The predicted octanol–water partition coefficient (Wildman–Crippen LogP) is 1.80. The number of carboxylic acid groups (broad SMARTS) is 1. The van der Waals surface area contributed by atoms with Gasteiger partial charge < -0.3 is 10.4 Å². The largest absolute Gasteiger partial charge is 0.477 e. The van der Waals surface area contributed by atoms with Gasteiger partial charge in [0.15, 0.2) is 0 Å². The number of carbonyl (C=O) groups is 1. The Bertz CT molecular complexity index is 588. The molecule has 0 unspecified atom stereocenters. The van der Waals surface area contributed by atoms with Crippen molar-refractivity contribution in [2.24, 2.45) is 7.05 Å². The molecule has 0 spiro atoms. The van der Waals surface area contributed by atoms with E-state index >= 15 is 0 Å². The van der Waals surface area contributed by atoms with Crippen molar-refractivity contribution in [3.8, 4) is 0 Å². The SMILES string of the molecule is Cc1cnc(CNc2c(C(=O)O)c(C)nn2C)s1. The molecule has 0 saturated carbocycles. The Morgan fingerprint density at radius 3 is 2.83 bits per heavy atom. The zero-order valence-corrected chi connectivity index (χ0v) is 11.2. The van der Waals surface area contributed by atoms with E-state index in [4.69, 9.17) is 5.11 Å². The fourth-order valence-electron chi connectivity index (χ4n) is 1.76. The van der Waals surface area contributed by atoms with Crippen LogP contribution in [0.3, 0.4) is 0 Å². The van der Waals surface area contributed by atoms with Crippen LogP contribution in [0.4, 0.5) is 5.82 Å². The van der Waals surface area contributed by atoms with E-state index in [1.807, 2.05) is 6.92 Å². The van der Waals surface area contributed by atoms with Crippen LogP contribution in [0.5, 0.6) is 0 Å². The van der Waals surface area contributed by atoms with Gasteiger partial charge in [0.2, 0.25) is 0 Å². The first-order valence-electron chi connectivity index (χ1n) is 5.41. The third-order valence-corrected chi connectivity index (χ3v) is 3.43. The summed E-state index contributed by atoms with van der Waals surface area (Å²) >= 11 is 1.58. The Morgan fingerprint density at radius 2 is 2.28 bits per heavy atom. The Balaban J connectivity index is 2.21. The topological polar surface area (TPSA) is 80.0 Å². The average molecular weight is 266 g/mol. The first-order chi connectivity index (χ1) is 8.49. The Hall–Kier alpha value is -1.89. The van der Waals surface area contributed by atoms with E-state index in [1.54, 1.807) is 36.2 Å². The average Bonchev–Trinajstić information content (AvgIpc) is 2.79. The van der Waals surface area contributed by atoms with Crippen LogP contribution in [0.1, 0.15) is 25.9 Å². The number of rotatable bonds is 4. The normalized spacial score (nSPS) is 10.6. The summed E-state index contributed by atoms with van der Waals surface area (Å²) in [6.07, 6.45) is 1.80. The number of hydrogen-bond donors (Lipinski definition) is 2. The maximum atomic E-state index is 11.2. The number of thiazole rings is 1. The molecule has 7 heteroatoms. The standard InChI is InChI=1S/C11H14N4O2S/c1-6-4-12-8(18-6)5-13-10-9(11(16)17)7(2)14-15(10)3/h4,13H,5H2,1-3H3,(H,16,17). The summed E-state index contributed by atoms with van der Waals surface area (Å²) in [5.74, 6) is -0.466. The number of aromatic nitrogens is 3. The number of nitrogens with zero attached hydrogens (tertiary/aromatic N) is 3. The van der Waals surface area contributed by atoms with Gasteiger partial charge in [-0.3, -0.25) is 4.68 Å².